The van der Waals surface area contributed by atoms with Crippen LogP contribution in [0.15, 0.2) is 42.5 Å². The first-order valence-corrected chi connectivity index (χ1v) is 15.0. The highest BCUT2D eigenvalue weighted by Gasteiger charge is 2.38. The second-order valence-electron chi connectivity index (χ2n) is 10.8. The second-order valence-corrected chi connectivity index (χ2v) is 11.1. The molecular formula is C30H37ClN6O8. The number of halogens is 1. The van der Waals surface area contributed by atoms with Crippen LogP contribution in [0.5, 0.6) is 0 Å². The van der Waals surface area contributed by atoms with Crippen molar-refractivity contribution in [3.8, 4) is 0 Å². The summed E-state index contributed by atoms with van der Waals surface area (Å²) in [6, 6.07) is 8.07. The number of carbonyl (C=O) groups excluding carboxylic acids is 6. The predicted octanol–water partition coefficient (Wildman–Crippen LogP) is -0.318. The summed E-state index contributed by atoms with van der Waals surface area (Å²) in [5.74, 6) is -6.29. The van der Waals surface area contributed by atoms with Crippen LogP contribution in [0.2, 0.25) is 0 Å². The third-order valence-electron chi connectivity index (χ3n) is 7.44. The molecule has 0 spiro atoms. The minimum Gasteiger partial charge on any atom is -0.481 e. The van der Waals surface area contributed by atoms with Gasteiger partial charge in [0.05, 0.1) is 6.42 Å². The number of nitrogens with zero attached hydrogens (tertiary/aromatic N) is 1. The fourth-order valence-electron chi connectivity index (χ4n) is 5.20. The number of carbonyl (C=O) groups is 7. The van der Waals surface area contributed by atoms with Gasteiger partial charge in [-0.05, 0) is 42.0 Å². The van der Waals surface area contributed by atoms with Gasteiger partial charge in [-0.3, -0.25) is 33.6 Å². The van der Waals surface area contributed by atoms with E-state index in [-0.39, 0.29) is 25.8 Å². The lowest BCUT2D eigenvalue weighted by atomic mass is 9.97. The fourth-order valence-corrected chi connectivity index (χ4v) is 5.28. The Kier molecular flexibility index (Phi) is 12.7. The van der Waals surface area contributed by atoms with Gasteiger partial charge in [0.25, 0.3) is 0 Å². The molecule has 8 N–H and O–H groups in total. The molecule has 4 atom stereocenters. The van der Waals surface area contributed by atoms with E-state index in [0.29, 0.717) is 18.4 Å². The van der Waals surface area contributed by atoms with Gasteiger partial charge in [-0.2, -0.15) is 0 Å². The van der Waals surface area contributed by atoms with Crippen molar-refractivity contribution in [3.05, 3.63) is 48.0 Å². The number of likely N-dealkylation sites (tertiary alicyclic amines) is 1. The molecule has 0 bridgehead atoms. The van der Waals surface area contributed by atoms with Crippen LogP contribution in [-0.2, 0) is 40.0 Å². The first-order chi connectivity index (χ1) is 21.4. The van der Waals surface area contributed by atoms with Crippen molar-refractivity contribution in [2.24, 2.45) is 11.5 Å². The van der Waals surface area contributed by atoms with E-state index in [9.17, 15) is 33.6 Å². The Balaban J connectivity index is 1.88. The van der Waals surface area contributed by atoms with E-state index in [2.05, 4.69) is 16.0 Å². The third kappa shape index (κ3) is 10.2. The third-order valence-corrected chi connectivity index (χ3v) is 7.68. The monoisotopic (exact) mass is 644 g/mol. The number of carboxylic acid groups (broad SMARTS) is 1. The summed E-state index contributed by atoms with van der Waals surface area (Å²) in [6.45, 7) is 0.154. The lowest BCUT2D eigenvalue weighted by molar-refractivity contribution is -0.146. The number of nitrogens with two attached hydrogens (primary N) is 2. The molecule has 2 aromatic rings. The average Bonchev–Trinajstić information content (AvgIpc) is 3.01. The zero-order chi connectivity index (χ0) is 33.1. The molecule has 0 saturated carbocycles. The number of nitrogens with one attached hydrogen (secondary N) is 3. The van der Waals surface area contributed by atoms with E-state index in [4.69, 9.17) is 28.2 Å². The van der Waals surface area contributed by atoms with Gasteiger partial charge in [0.2, 0.25) is 35.4 Å². The maximum atomic E-state index is 13.7. The summed E-state index contributed by atoms with van der Waals surface area (Å²) in [5.41, 5.74) is 11.3. The maximum Gasteiger partial charge on any atom is 0.303 e. The van der Waals surface area contributed by atoms with Crippen LogP contribution in [0.3, 0.4) is 0 Å². The summed E-state index contributed by atoms with van der Waals surface area (Å²) < 4.78 is 0. The summed E-state index contributed by atoms with van der Waals surface area (Å²) >= 11 is 5.59. The van der Waals surface area contributed by atoms with E-state index in [1.54, 1.807) is 6.07 Å². The number of primary amides is 2. The Labute approximate surface area is 264 Å². The van der Waals surface area contributed by atoms with Gasteiger partial charge in [0, 0.05) is 19.4 Å². The van der Waals surface area contributed by atoms with Gasteiger partial charge in [0.15, 0.2) is 0 Å². The molecule has 1 heterocycles. The number of alkyl halides is 1. The standard InChI is InChI=1S/C30H37ClN6O8/c31-16-25(39)34-20(10-11-26(40)41)30(45)37-12-4-3-7-23(37)29(44)36-22(28(43)35-21(27(33)42)15-24(32)38)14-17-8-9-18-5-1-2-6-19(18)13-17/h1-2,5-6,8-9,13,20-23H,3-4,7,10-12,14-16H2,(H2,32,38)(H2,33,42)(H,34,39)(H,35,43)(H,36,44)(H,40,41)/t20-,21-,22?,23-/m0/s1. The van der Waals surface area contributed by atoms with E-state index in [1.165, 1.54) is 4.90 Å². The topological polar surface area (TPSA) is 231 Å². The van der Waals surface area contributed by atoms with Crippen LogP contribution >= 0.6 is 11.6 Å². The Hall–Kier alpha value is -4.72. The lowest BCUT2D eigenvalue weighted by Crippen LogP contribution is -2.60. The van der Waals surface area contributed by atoms with Crippen LogP contribution in [0.4, 0.5) is 0 Å². The van der Waals surface area contributed by atoms with Gasteiger partial charge >= 0.3 is 5.97 Å². The predicted molar refractivity (Wildman–Crippen MR) is 163 cm³/mol. The molecule has 2 aromatic carbocycles. The van der Waals surface area contributed by atoms with E-state index in [1.807, 2.05) is 36.4 Å². The van der Waals surface area contributed by atoms with Crippen LogP contribution < -0.4 is 27.4 Å². The quantitative estimate of drug-likeness (QED) is 0.140. The highest BCUT2D eigenvalue weighted by atomic mass is 35.5. The Morgan fingerprint density at radius 1 is 0.911 bits per heavy atom. The maximum absolute atomic E-state index is 13.7. The number of hydrogen-bond donors (Lipinski definition) is 6. The summed E-state index contributed by atoms with van der Waals surface area (Å²) in [4.78, 5) is 88.6. The highest BCUT2D eigenvalue weighted by Crippen LogP contribution is 2.21. The number of aliphatic carboxylic acids is 1. The molecule has 45 heavy (non-hydrogen) atoms. The van der Waals surface area contributed by atoms with Crippen molar-refractivity contribution >= 4 is 63.8 Å². The zero-order valence-corrected chi connectivity index (χ0v) is 25.3. The largest absolute Gasteiger partial charge is 0.481 e. The molecule has 0 radical (unpaired) electrons. The molecule has 6 amide bonds. The number of amides is 6. The van der Waals surface area contributed by atoms with Gasteiger partial charge < -0.3 is 37.4 Å². The number of piperidine rings is 1. The van der Waals surface area contributed by atoms with Crippen molar-refractivity contribution < 1.29 is 38.7 Å². The SMILES string of the molecule is NC(=O)C[C@H](NC(=O)C(Cc1ccc2ccccc2c1)NC(=O)[C@@H]1CCCCN1C(=O)[C@H](CCC(=O)O)NC(=O)CCl)C(N)=O. The first kappa shape index (κ1) is 34.8. The zero-order valence-electron chi connectivity index (χ0n) is 24.5. The number of hydrogen-bond acceptors (Lipinski definition) is 7. The first-order valence-electron chi connectivity index (χ1n) is 14.4. The summed E-state index contributed by atoms with van der Waals surface area (Å²) in [5, 5.41) is 18.5. The van der Waals surface area contributed by atoms with Crippen molar-refractivity contribution in [2.45, 2.75) is 69.1 Å². The molecule has 1 saturated heterocycles. The lowest BCUT2D eigenvalue weighted by Gasteiger charge is -2.37. The average molecular weight is 645 g/mol. The minimum absolute atomic E-state index is 0.0157. The normalized spacial score (nSPS) is 16.6. The van der Waals surface area contributed by atoms with E-state index < -0.39 is 84.3 Å². The molecule has 1 fully saturated rings. The van der Waals surface area contributed by atoms with Crippen LogP contribution in [0.1, 0.15) is 44.1 Å². The fraction of sp³-hybridized carbons (Fsp3) is 0.433. The van der Waals surface area contributed by atoms with Crippen LogP contribution in [0.25, 0.3) is 10.8 Å². The van der Waals surface area contributed by atoms with Crippen LogP contribution in [0, 0.1) is 0 Å². The minimum atomic E-state index is -1.42. The van der Waals surface area contributed by atoms with Crippen molar-refractivity contribution in [1.29, 1.82) is 0 Å². The van der Waals surface area contributed by atoms with Gasteiger partial charge in [-0.25, -0.2) is 0 Å². The summed E-state index contributed by atoms with van der Waals surface area (Å²) in [7, 11) is 0. The van der Waals surface area contributed by atoms with E-state index in [0.717, 1.165) is 10.8 Å². The Morgan fingerprint density at radius 3 is 2.27 bits per heavy atom. The van der Waals surface area contributed by atoms with Crippen molar-refractivity contribution in [2.75, 3.05) is 12.4 Å². The van der Waals surface area contributed by atoms with Crippen LogP contribution in [-0.4, -0.2) is 88.0 Å². The van der Waals surface area contributed by atoms with Gasteiger partial charge in [-0.1, -0.05) is 42.5 Å². The highest BCUT2D eigenvalue weighted by molar-refractivity contribution is 6.27. The molecule has 1 aliphatic rings. The van der Waals surface area contributed by atoms with Crippen molar-refractivity contribution in [3.63, 3.8) is 0 Å². The van der Waals surface area contributed by atoms with Gasteiger partial charge in [0.1, 0.15) is 30.0 Å². The smallest absolute Gasteiger partial charge is 0.303 e. The molecule has 242 valence electrons. The molecule has 0 aliphatic carbocycles. The second kappa shape index (κ2) is 16.4. The molecule has 1 aliphatic heterocycles. The number of fused-ring (bicyclic) bond motifs is 1. The summed E-state index contributed by atoms with van der Waals surface area (Å²) in [6.07, 6.45) is 0.181. The molecule has 0 aromatic heterocycles. The van der Waals surface area contributed by atoms with Gasteiger partial charge in [-0.15, -0.1) is 11.6 Å². The number of rotatable bonds is 15. The molecule has 14 nitrogen and oxygen atoms in total. The van der Waals surface area contributed by atoms with Crippen molar-refractivity contribution in [1.82, 2.24) is 20.9 Å². The Bertz CT molecular complexity index is 1450. The Morgan fingerprint density at radius 2 is 1.62 bits per heavy atom. The van der Waals surface area contributed by atoms with E-state index >= 15 is 0 Å². The molecule has 1 unspecified atom stereocenters. The molecule has 3 rings (SSSR count). The number of benzene rings is 2. The molecule has 15 heteroatoms. The number of carboxylic acids is 1. The molecular weight excluding hydrogens is 608 g/mol.